The van der Waals surface area contributed by atoms with Gasteiger partial charge in [-0.15, -0.1) is 0 Å². The number of pyridine rings is 1. The van der Waals surface area contributed by atoms with E-state index in [-0.39, 0.29) is 48.2 Å². The number of para-hydroxylation sites is 1. The van der Waals surface area contributed by atoms with E-state index in [1.54, 1.807) is 51.5 Å². The van der Waals surface area contributed by atoms with Crippen molar-refractivity contribution in [3.8, 4) is 11.5 Å². The molecule has 13 nitrogen and oxygen atoms in total. The summed E-state index contributed by atoms with van der Waals surface area (Å²) in [6.07, 6.45) is 7.74. The lowest BCUT2D eigenvalue weighted by molar-refractivity contribution is -0.123. The number of aromatic amines is 1. The second-order valence-electron chi connectivity index (χ2n) is 11.0. The average Bonchev–Trinajstić information content (AvgIpc) is 3.67. The van der Waals surface area contributed by atoms with E-state index in [4.69, 9.17) is 4.74 Å². The first kappa shape index (κ1) is 33.2. The normalized spacial score (nSPS) is 11.9. The summed E-state index contributed by atoms with van der Waals surface area (Å²) in [5, 5.41) is 5.31. The van der Waals surface area contributed by atoms with Gasteiger partial charge in [0.05, 0.1) is 24.6 Å². The number of fused-ring (bicyclic) bond motifs is 1. The molecule has 0 aliphatic rings. The molecule has 1 atom stereocenters. The summed E-state index contributed by atoms with van der Waals surface area (Å²) in [6.45, 7) is -0.0209. The van der Waals surface area contributed by atoms with Crippen LogP contribution in [0.15, 0.2) is 84.2 Å². The lowest BCUT2D eigenvalue weighted by Crippen LogP contribution is -2.45. The van der Waals surface area contributed by atoms with Crippen LogP contribution >= 0.6 is 0 Å². The Kier molecular flexibility index (Phi) is 10.1. The lowest BCUT2D eigenvalue weighted by Gasteiger charge is -2.18. The van der Waals surface area contributed by atoms with Crippen molar-refractivity contribution in [3.63, 3.8) is 0 Å². The summed E-state index contributed by atoms with van der Waals surface area (Å²) >= 11 is 0. The number of carbonyl (C=O) groups excluding carboxylic acids is 3. The first-order valence-electron chi connectivity index (χ1n) is 14.8. The Morgan fingerprint density at radius 1 is 1.10 bits per heavy atom. The van der Waals surface area contributed by atoms with Crippen LogP contribution in [0.4, 0.5) is 14.5 Å². The van der Waals surface area contributed by atoms with Gasteiger partial charge in [0.15, 0.2) is 17.3 Å². The third-order valence-corrected chi connectivity index (χ3v) is 7.24. The number of ether oxygens (including phenoxy) is 1. The number of H-pyrrole nitrogens is 1. The van der Waals surface area contributed by atoms with Gasteiger partial charge in [-0.25, -0.2) is 18.7 Å². The maximum Gasteiger partial charge on any atom is 0.274 e. The third-order valence-electron chi connectivity index (χ3n) is 7.24. The summed E-state index contributed by atoms with van der Waals surface area (Å²) in [7, 11) is 4.87. The number of nitrogens with zero attached hydrogens (tertiary/aromatic N) is 5. The Morgan fingerprint density at radius 3 is 2.65 bits per heavy atom. The zero-order chi connectivity index (χ0) is 34.4. The Bertz CT molecular complexity index is 2070. The van der Waals surface area contributed by atoms with E-state index in [0.29, 0.717) is 22.9 Å². The molecule has 0 radical (unpaired) electrons. The van der Waals surface area contributed by atoms with Crippen LogP contribution in [0.1, 0.15) is 29.2 Å². The molecule has 3 amide bonds. The van der Waals surface area contributed by atoms with Crippen LogP contribution in [0, 0.1) is 11.6 Å². The number of hydrogen-bond donors (Lipinski definition) is 3. The number of aromatic nitrogens is 5. The number of benzene rings is 2. The average molecular weight is 659 g/mol. The third kappa shape index (κ3) is 7.81. The molecule has 0 saturated heterocycles. The van der Waals surface area contributed by atoms with Crippen LogP contribution in [0.3, 0.4) is 0 Å². The number of rotatable bonds is 12. The largest absolute Gasteiger partial charge is 0.452 e. The highest BCUT2D eigenvalue weighted by atomic mass is 19.1. The molecule has 5 rings (SSSR count). The predicted octanol–water partition coefficient (Wildman–Crippen LogP) is 3.74. The minimum absolute atomic E-state index is 0.0209. The van der Waals surface area contributed by atoms with E-state index in [9.17, 15) is 28.0 Å². The molecule has 0 bridgehead atoms. The van der Waals surface area contributed by atoms with Crippen molar-refractivity contribution in [2.45, 2.75) is 25.4 Å². The highest BCUT2D eigenvalue weighted by Crippen LogP contribution is 2.30. The van der Waals surface area contributed by atoms with Crippen molar-refractivity contribution in [3.05, 3.63) is 113 Å². The standard InChI is InChI=1S/C33H32F2N8O5/c1-41(2)29(44)12-5-4-8-23(38-32(46)25-17-36-19-42(25)3)31(45)39-24-10-7-15-43(33(24)47)18-28-37-22-9-6-11-27(30(22)40-28)48-26-14-13-20(34)16-21(26)35/h5-7,9-17,19,23H,4,8,18H2,1-3H3,(H,37,40)(H,38,46)(H,39,45)/b12-5+/t23-/m0/s1. The molecule has 0 fully saturated rings. The second-order valence-corrected chi connectivity index (χ2v) is 11.0. The number of carbonyl (C=O) groups is 3. The molecule has 0 saturated carbocycles. The predicted molar refractivity (Wildman–Crippen MR) is 172 cm³/mol. The molecule has 0 spiro atoms. The van der Waals surface area contributed by atoms with Crippen molar-refractivity contribution in [2.24, 2.45) is 7.05 Å². The molecule has 15 heteroatoms. The highest BCUT2D eigenvalue weighted by molar-refractivity contribution is 6.00. The lowest BCUT2D eigenvalue weighted by atomic mass is 10.1. The monoisotopic (exact) mass is 658 g/mol. The number of amides is 3. The molecule has 48 heavy (non-hydrogen) atoms. The van der Waals surface area contributed by atoms with Gasteiger partial charge < -0.3 is 34.4 Å². The molecule has 3 N–H and O–H groups in total. The van der Waals surface area contributed by atoms with Gasteiger partial charge in [-0.1, -0.05) is 12.1 Å². The van der Waals surface area contributed by atoms with Gasteiger partial charge in [0, 0.05) is 33.4 Å². The van der Waals surface area contributed by atoms with Gasteiger partial charge in [-0.05, 0) is 55.3 Å². The van der Waals surface area contributed by atoms with Crippen LogP contribution in [-0.2, 0) is 23.2 Å². The highest BCUT2D eigenvalue weighted by Gasteiger charge is 2.23. The zero-order valence-corrected chi connectivity index (χ0v) is 26.2. The van der Waals surface area contributed by atoms with E-state index >= 15 is 0 Å². The Balaban J connectivity index is 1.33. The molecule has 0 aliphatic heterocycles. The van der Waals surface area contributed by atoms with E-state index in [0.717, 1.165) is 6.07 Å². The first-order valence-corrected chi connectivity index (χ1v) is 14.8. The molecular formula is C33H32F2N8O5. The van der Waals surface area contributed by atoms with Gasteiger partial charge in [0.1, 0.15) is 34.6 Å². The van der Waals surface area contributed by atoms with E-state index in [2.05, 4.69) is 25.6 Å². The fourth-order valence-electron chi connectivity index (χ4n) is 4.70. The van der Waals surface area contributed by atoms with Crippen LogP contribution < -0.4 is 20.9 Å². The Hall–Kier alpha value is -6.12. The number of halogens is 2. The van der Waals surface area contributed by atoms with Crippen LogP contribution in [0.5, 0.6) is 11.5 Å². The SMILES string of the molecule is CN(C)C(=O)/C=C/CC[C@H](NC(=O)c1cncn1C)C(=O)Nc1cccn(Cc2nc3cccc(Oc4ccc(F)cc4F)c3[nH]2)c1=O. The molecule has 0 aliphatic carbocycles. The van der Waals surface area contributed by atoms with Gasteiger partial charge in [-0.2, -0.15) is 0 Å². The molecule has 0 unspecified atom stereocenters. The fraction of sp³-hybridized carbons (Fsp3) is 0.212. The maximum absolute atomic E-state index is 14.2. The topological polar surface area (TPSA) is 156 Å². The summed E-state index contributed by atoms with van der Waals surface area (Å²) in [5.41, 5.74) is 0.574. The zero-order valence-electron chi connectivity index (χ0n) is 26.2. The van der Waals surface area contributed by atoms with Gasteiger partial charge in [0.25, 0.3) is 11.5 Å². The molecule has 248 valence electrons. The van der Waals surface area contributed by atoms with Gasteiger partial charge in [0.2, 0.25) is 11.8 Å². The van der Waals surface area contributed by atoms with E-state index < -0.39 is 35.0 Å². The van der Waals surface area contributed by atoms with Gasteiger partial charge >= 0.3 is 0 Å². The molecule has 3 aromatic heterocycles. The summed E-state index contributed by atoms with van der Waals surface area (Å²) in [5.74, 6) is -2.57. The number of aryl methyl sites for hydroxylation is 1. The summed E-state index contributed by atoms with van der Waals surface area (Å²) in [4.78, 5) is 64.6. The van der Waals surface area contributed by atoms with E-state index in [1.165, 1.54) is 51.0 Å². The quantitative estimate of drug-likeness (QED) is 0.173. The summed E-state index contributed by atoms with van der Waals surface area (Å²) in [6, 6.07) is 9.89. The Labute approximate surface area is 272 Å². The number of nitrogens with one attached hydrogen (secondary N) is 3. The second kappa shape index (κ2) is 14.5. The number of allylic oxidation sites excluding steroid dienone is 1. The van der Waals surface area contributed by atoms with Crippen molar-refractivity contribution in [1.29, 1.82) is 0 Å². The van der Waals surface area contributed by atoms with Crippen LogP contribution in [0.2, 0.25) is 0 Å². The fourth-order valence-corrected chi connectivity index (χ4v) is 4.70. The van der Waals surface area contributed by atoms with Gasteiger partial charge in [-0.3, -0.25) is 19.2 Å². The first-order chi connectivity index (χ1) is 23.0. The molecule has 5 aromatic rings. The van der Waals surface area contributed by atoms with Crippen molar-refractivity contribution in [2.75, 3.05) is 19.4 Å². The van der Waals surface area contributed by atoms with E-state index in [1.807, 2.05) is 0 Å². The van der Waals surface area contributed by atoms with Crippen LogP contribution in [0.25, 0.3) is 11.0 Å². The molecule has 2 aromatic carbocycles. The smallest absolute Gasteiger partial charge is 0.274 e. The molecular weight excluding hydrogens is 626 g/mol. The van der Waals surface area contributed by atoms with Crippen molar-refractivity contribution < 1.29 is 27.9 Å². The minimum atomic E-state index is -1.06. The minimum Gasteiger partial charge on any atom is -0.452 e. The van der Waals surface area contributed by atoms with Crippen molar-refractivity contribution in [1.82, 2.24) is 34.3 Å². The van der Waals surface area contributed by atoms with Crippen LogP contribution in [-0.4, -0.2) is 66.8 Å². The Morgan fingerprint density at radius 2 is 1.92 bits per heavy atom. The number of anilines is 1. The number of imidazole rings is 2. The van der Waals surface area contributed by atoms with Crippen molar-refractivity contribution >= 4 is 34.4 Å². The maximum atomic E-state index is 14.2. The summed E-state index contributed by atoms with van der Waals surface area (Å²) < 4.78 is 36.1. The molecule has 3 heterocycles. The number of likely N-dealkylation sites (N-methyl/N-ethyl adjacent to an activating group) is 1. The number of hydrogen-bond acceptors (Lipinski definition) is 7.